The Morgan fingerprint density at radius 2 is 1.85 bits per heavy atom. The molecule has 1 heterocycles. The highest BCUT2D eigenvalue weighted by Gasteiger charge is 2.31. The van der Waals surface area contributed by atoms with Crippen molar-refractivity contribution in [2.75, 3.05) is 30.0 Å². The maximum Gasteiger partial charge on any atom is 0.267 e. The van der Waals surface area contributed by atoms with E-state index in [0.29, 0.717) is 41.0 Å². The summed E-state index contributed by atoms with van der Waals surface area (Å²) in [5.41, 5.74) is 2.31. The standard InChI is InChI=1S/C26H25ClN2O5/c1-17-7-10-20(11-8-17)32-14-13-29-22-12-9-19(15-24(22)34-18(2)26(29)31)28-25(30)16-33-23-6-4-3-5-21(23)27/h3-12,15,18H,13-14,16H2,1-2H3,(H,28,30). The Labute approximate surface area is 203 Å². The van der Waals surface area contributed by atoms with Crippen LogP contribution in [0, 0.1) is 6.92 Å². The number of aryl methyl sites for hydroxylation is 1. The number of nitrogens with zero attached hydrogens (tertiary/aromatic N) is 1. The van der Waals surface area contributed by atoms with E-state index in [0.717, 1.165) is 11.3 Å². The summed E-state index contributed by atoms with van der Waals surface area (Å²) in [4.78, 5) is 26.7. The van der Waals surface area contributed by atoms with Gasteiger partial charge < -0.3 is 24.4 Å². The number of anilines is 2. The quantitative estimate of drug-likeness (QED) is 0.498. The molecule has 1 atom stereocenters. The van der Waals surface area contributed by atoms with Crippen LogP contribution in [0.3, 0.4) is 0 Å². The fraction of sp³-hybridized carbons (Fsp3) is 0.231. The first-order valence-electron chi connectivity index (χ1n) is 10.9. The van der Waals surface area contributed by atoms with Crippen molar-refractivity contribution in [2.45, 2.75) is 20.0 Å². The molecule has 1 aliphatic rings. The molecule has 8 heteroatoms. The molecule has 0 radical (unpaired) electrons. The number of ether oxygens (including phenoxy) is 3. The maximum absolute atomic E-state index is 12.7. The van der Waals surface area contributed by atoms with E-state index in [2.05, 4.69) is 5.32 Å². The summed E-state index contributed by atoms with van der Waals surface area (Å²) in [5.74, 6) is 1.20. The second-order valence-electron chi connectivity index (χ2n) is 7.86. The Hall–Kier alpha value is -3.71. The van der Waals surface area contributed by atoms with Gasteiger partial charge in [0.25, 0.3) is 11.8 Å². The fourth-order valence-electron chi connectivity index (χ4n) is 3.51. The second-order valence-corrected chi connectivity index (χ2v) is 8.27. The lowest BCUT2D eigenvalue weighted by Gasteiger charge is -2.33. The van der Waals surface area contributed by atoms with E-state index >= 15 is 0 Å². The van der Waals surface area contributed by atoms with E-state index in [4.69, 9.17) is 25.8 Å². The first-order valence-corrected chi connectivity index (χ1v) is 11.3. The summed E-state index contributed by atoms with van der Waals surface area (Å²) >= 11 is 6.05. The predicted octanol–water partition coefficient (Wildman–Crippen LogP) is 4.86. The number of hydrogen-bond acceptors (Lipinski definition) is 5. The Morgan fingerprint density at radius 3 is 2.62 bits per heavy atom. The highest BCUT2D eigenvalue weighted by atomic mass is 35.5. The highest BCUT2D eigenvalue weighted by Crippen LogP contribution is 2.36. The lowest BCUT2D eigenvalue weighted by molar-refractivity contribution is -0.125. The summed E-state index contributed by atoms with van der Waals surface area (Å²) in [6, 6.07) is 19.8. The van der Waals surface area contributed by atoms with E-state index in [1.54, 1.807) is 54.3 Å². The molecular formula is C26H25ClN2O5. The van der Waals surface area contributed by atoms with Gasteiger partial charge in [0, 0.05) is 11.8 Å². The van der Waals surface area contributed by atoms with Crippen molar-refractivity contribution in [3.8, 4) is 17.2 Å². The third kappa shape index (κ3) is 5.61. The van der Waals surface area contributed by atoms with Gasteiger partial charge in [-0.1, -0.05) is 41.4 Å². The Bertz CT molecular complexity index is 1180. The van der Waals surface area contributed by atoms with Gasteiger partial charge >= 0.3 is 0 Å². The van der Waals surface area contributed by atoms with Crippen LogP contribution in [0.2, 0.25) is 5.02 Å². The first kappa shape index (κ1) is 23.4. The van der Waals surface area contributed by atoms with Crippen molar-refractivity contribution in [1.29, 1.82) is 0 Å². The van der Waals surface area contributed by atoms with Gasteiger partial charge in [-0.15, -0.1) is 0 Å². The minimum Gasteiger partial charge on any atom is -0.492 e. The monoisotopic (exact) mass is 480 g/mol. The largest absolute Gasteiger partial charge is 0.492 e. The van der Waals surface area contributed by atoms with Crippen molar-refractivity contribution in [1.82, 2.24) is 0 Å². The molecule has 1 unspecified atom stereocenters. The zero-order valence-corrected chi connectivity index (χ0v) is 19.7. The molecule has 2 amide bonds. The molecule has 0 saturated carbocycles. The van der Waals surface area contributed by atoms with Crippen LogP contribution < -0.4 is 24.4 Å². The lowest BCUT2D eigenvalue weighted by atomic mass is 10.1. The molecule has 7 nitrogen and oxygen atoms in total. The van der Waals surface area contributed by atoms with Crippen LogP contribution in [0.4, 0.5) is 11.4 Å². The molecule has 0 aromatic heterocycles. The number of fused-ring (bicyclic) bond motifs is 1. The number of carbonyl (C=O) groups is 2. The van der Waals surface area contributed by atoms with Crippen LogP contribution in [0.25, 0.3) is 0 Å². The number of carbonyl (C=O) groups excluding carboxylic acids is 2. The fourth-order valence-corrected chi connectivity index (χ4v) is 3.70. The zero-order chi connectivity index (χ0) is 24.1. The van der Waals surface area contributed by atoms with Gasteiger partial charge in [0.05, 0.1) is 17.3 Å². The van der Waals surface area contributed by atoms with Crippen molar-refractivity contribution < 1.29 is 23.8 Å². The number of para-hydroxylation sites is 1. The number of amides is 2. The summed E-state index contributed by atoms with van der Waals surface area (Å²) in [6.07, 6.45) is -0.651. The highest BCUT2D eigenvalue weighted by molar-refractivity contribution is 6.32. The van der Waals surface area contributed by atoms with Gasteiger partial charge in [-0.05, 0) is 50.2 Å². The van der Waals surface area contributed by atoms with Crippen LogP contribution in [0.15, 0.2) is 66.7 Å². The average Bonchev–Trinajstić information content (AvgIpc) is 2.82. The molecule has 0 bridgehead atoms. The molecule has 0 aliphatic carbocycles. The van der Waals surface area contributed by atoms with Crippen LogP contribution in [0.1, 0.15) is 12.5 Å². The predicted molar refractivity (Wildman–Crippen MR) is 131 cm³/mol. The number of benzene rings is 3. The number of nitrogens with one attached hydrogen (secondary N) is 1. The molecule has 34 heavy (non-hydrogen) atoms. The molecule has 0 saturated heterocycles. The van der Waals surface area contributed by atoms with Gasteiger partial charge in [-0.3, -0.25) is 9.59 Å². The van der Waals surface area contributed by atoms with Crippen molar-refractivity contribution >= 4 is 34.8 Å². The Kier molecular flexibility index (Phi) is 7.23. The van der Waals surface area contributed by atoms with E-state index in [1.165, 1.54) is 0 Å². The Balaban J connectivity index is 1.39. The first-order chi connectivity index (χ1) is 16.4. The number of rotatable bonds is 8. The number of hydrogen-bond donors (Lipinski definition) is 1. The molecule has 1 aliphatic heterocycles. The van der Waals surface area contributed by atoms with Gasteiger partial charge in [-0.25, -0.2) is 0 Å². The van der Waals surface area contributed by atoms with E-state index in [1.807, 2.05) is 31.2 Å². The van der Waals surface area contributed by atoms with Crippen molar-refractivity contribution in [3.63, 3.8) is 0 Å². The minimum absolute atomic E-state index is 0.148. The minimum atomic E-state index is -0.651. The molecule has 4 rings (SSSR count). The van der Waals surface area contributed by atoms with E-state index in [-0.39, 0.29) is 18.4 Å². The summed E-state index contributed by atoms with van der Waals surface area (Å²) in [7, 11) is 0. The normalized spacial score (nSPS) is 14.7. The third-order valence-corrected chi connectivity index (χ3v) is 5.56. The summed E-state index contributed by atoms with van der Waals surface area (Å²) < 4.78 is 17.1. The SMILES string of the molecule is Cc1ccc(OCCN2C(=O)C(C)Oc3cc(NC(=O)COc4ccccc4Cl)ccc32)cc1. The van der Waals surface area contributed by atoms with Gasteiger partial charge in [-0.2, -0.15) is 0 Å². The van der Waals surface area contributed by atoms with Crippen LogP contribution in [-0.2, 0) is 9.59 Å². The van der Waals surface area contributed by atoms with E-state index in [9.17, 15) is 9.59 Å². The summed E-state index contributed by atoms with van der Waals surface area (Å²) in [5, 5.41) is 3.21. The van der Waals surface area contributed by atoms with Crippen LogP contribution >= 0.6 is 11.6 Å². The maximum atomic E-state index is 12.7. The van der Waals surface area contributed by atoms with Crippen LogP contribution in [-0.4, -0.2) is 37.7 Å². The molecule has 1 N–H and O–H groups in total. The Morgan fingerprint density at radius 1 is 1.09 bits per heavy atom. The van der Waals surface area contributed by atoms with Crippen LogP contribution in [0.5, 0.6) is 17.2 Å². The second kappa shape index (κ2) is 10.5. The molecule has 176 valence electrons. The lowest BCUT2D eigenvalue weighted by Crippen LogP contribution is -2.46. The van der Waals surface area contributed by atoms with Crippen molar-refractivity contribution in [3.05, 3.63) is 77.3 Å². The molecule has 0 spiro atoms. The topological polar surface area (TPSA) is 77.1 Å². The molecule has 3 aromatic rings. The molecule has 0 fully saturated rings. The van der Waals surface area contributed by atoms with Gasteiger partial charge in [0.2, 0.25) is 0 Å². The third-order valence-electron chi connectivity index (χ3n) is 5.25. The van der Waals surface area contributed by atoms with Gasteiger partial charge in [0.1, 0.15) is 23.9 Å². The average molecular weight is 481 g/mol. The zero-order valence-electron chi connectivity index (χ0n) is 18.9. The van der Waals surface area contributed by atoms with E-state index < -0.39 is 6.10 Å². The number of halogens is 1. The molecular weight excluding hydrogens is 456 g/mol. The molecule has 3 aromatic carbocycles. The van der Waals surface area contributed by atoms with Gasteiger partial charge in [0.15, 0.2) is 12.7 Å². The summed E-state index contributed by atoms with van der Waals surface area (Å²) in [6.45, 7) is 4.21. The smallest absolute Gasteiger partial charge is 0.267 e. The van der Waals surface area contributed by atoms with Crippen molar-refractivity contribution in [2.24, 2.45) is 0 Å².